The predicted molar refractivity (Wildman–Crippen MR) is 97.3 cm³/mol. The molecule has 1 aliphatic heterocycles. The van der Waals surface area contributed by atoms with Crippen LogP contribution >= 0.6 is 11.6 Å². The van der Waals surface area contributed by atoms with E-state index >= 15 is 0 Å². The van der Waals surface area contributed by atoms with Gasteiger partial charge in [0.1, 0.15) is 24.2 Å². The molecule has 0 aromatic heterocycles. The minimum atomic E-state index is -0.364. The standard InChI is InChI=1S/C20H23ClO4/c1-3-14(2)24-18-10-8-17(9-11-18)22-12-19-13-23-20(25-19)15-4-6-16(21)7-5-15/h4-11,14,19-20H,3,12-13H2,1-2H3. The largest absolute Gasteiger partial charge is 0.491 e. The maximum atomic E-state index is 5.90. The van der Waals surface area contributed by atoms with Gasteiger partial charge >= 0.3 is 0 Å². The quantitative estimate of drug-likeness (QED) is 0.693. The number of rotatable bonds is 7. The Labute approximate surface area is 153 Å². The van der Waals surface area contributed by atoms with Crippen LogP contribution in [0.4, 0.5) is 0 Å². The van der Waals surface area contributed by atoms with Crippen molar-refractivity contribution >= 4 is 11.6 Å². The van der Waals surface area contributed by atoms with Crippen LogP contribution in [0.5, 0.6) is 11.5 Å². The van der Waals surface area contributed by atoms with Gasteiger partial charge in [0.25, 0.3) is 0 Å². The van der Waals surface area contributed by atoms with E-state index in [4.69, 9.17) is 30.5 Å². The molecular weight excluding hydrogens is 340 g/mol. The molecule has 1 saturated heterocycles. The molecule has 0 radical (unpaired) electrons. The zero-order valence-electron chi connectivity index (χ0n) is 14.5. The average Bonchev–Trinajstić information content (AvgIpc) is 3.10. The Morgan fingerprint density at radius 2 is 1.76 bits per heavy atom. The maximum absolute atomic E-state index is 5.90. The highest BCUT2D eigenvalue weighted by molar-refractivity contribution is 6.30. The smallest absolute Gasteiger partial charge is 0.184 e. The van der Waals surface area contributed by atoms with E-state index < -0.39 is 0 Å². The first kappa shape index (κ1) is 18.1. The zero-order chi connectivity index (χ0) is 17.6. The second-order valence-corrected chi connectivity index (χ2v) is 6.53. The first-order valence-corrected chi connectivity index (χ1v) is 8.94. The van der Waals surface area contributed by atoms with Crippen LogP contribution in [0.25, 0.3) is 0 Å². The van der Waals surface area contributed by atoms with E-state index in [9.17, 15) is 0 Å². The molecule has 2 aromatic carbocycles. The molecule has 1 aliphatic rings. The topological polar surface area (TPSA) is 36.9 Å². The van der Waals surface area contributed by atoms with Crippen LogP contribution in [0, 0.1) is 0 Å². The second kappa shape index (κ2) is 8.56. The van der Waals surface area contributed by atoms with Crippen molar-refractivity contribution < 1.29 is 18.9 Å². The second-order valence-electron chi connectivity index (χ2n) is 6.09. The van der Waals surface area contributed by atoms with Crippen molar-refractivity contribution in [1.82, 2.24) is 0 Å². The third-order valence-electron chi connectivity index (χ3n) is 4.06. The Morgan fingerprint density at radius 1 is 1.08 bits per heavy atom. The Bertz CT molecular complexity index is 656. The highest BCUT2D eigenvalue weighted by Gasteiger charge is 2.27. The first-order valence-electron chi connectivity index (χ1n) is 8.56. The molecule has 1 heterocycles. The van der Waals surface area contributed by atoms with Crippen LogP contribution in [-0.2, 0) is 9.47 Å². The third-order valence-corrected chi connectivity index (χ3v) is 4.32. The van der Waals surface area contributed by atoms with E-state index in [1.54, 1.807) is 0 Å². The van der Waals surface area contributed by atoms with Crippen LogP contribution in [0.1, 0.15) is 32.1 Å². The Kier molecular flexibility index (Phi) is 6.19. The summed E-state index contributed by atoms with van der Waals surface area (Å²) in [6.07, 6.45) is 0.723. The van der Waals surface area contributed by atoms with Gasteiger partial charge in [0.05, 0.1) is 12.7 Å². The number of benzene rings is 2. The summed E-state index contributed by atoms with van der Waals surface area (Å²) in [5.41, 5.74) is 0.957. The van der Waals surface area contributed by atoms with Crippen molar-refractivity contribution in [2.24, 2.45) is 0 Å². The Balaban J connectivity index is 1.47. The summed E-state index contributed by atoms with van der Waals surface area (Å²) in [4.78, 5) is 0. The zero-order valence-corrected chi connectivity index (χ0v) is 15.2. The molecule has 3 unspecified atom stereocenters. The normalized spacial score (nSPS) is 21.1. The van der Waals surface area contributed by atoms with Gasteiger partial charge in [-0.1, -0.05) is 30.7 Å². The Hall–Kier alpha value is -1.75. The van der Waals surface area contributed by atoms with Crippen molar-refractivity contribution in [1.29, 1.82) is 0 Å². The molecule has 4 nitrogen and oxygen atoms in total. The fraction of sp³-hybridized carbons (Fsp3) is 0.400. The molecule has 0 spiro atoms. The molecule has 0 amide bonds. The van der Waals surface area contributed by atoms with E-state index in [1.807, 2.05) is 48.5 Å². The maximum Gasteiger partial charge on any atom is 0.184 e. The van der Waals surface area contributed by atoms with Gasteiger partial charge in [-0.15, -0.1) is 0 Å². The van der Waals surface area contributed by atoms with Gasteiger partial charge in [-0.3, -0.25) is 0 Å². The molecule has 3 rings (SSSR count). The van der Waals surface area contributed by atoms with Crippen LogP contribution in [-0.4, -0.2) is 25.4 Å². The van der Waals surface area contributed by atoms with Crippen LogP contribution in [0.15, 0.2) is 48.5 Å². The fourth-order valence-corrected chi connectivity index (χ4v) is 2.58. The van der Waals surface area contributed by atoms with E-state index in [0.29, 0.717) is 18.2 Å². The monoisotopic (exact) mass is 362 g/mol. The van der Waals surface area contributed by atoms with E-state index in [2.05, 4.69) is 13.8 Å². The molecule has 134 valence electrons. The van der Waals surface area contributed by atoms with Crippen LogP contribution < -0.4 is 9.47 Å². The molecular formula is C20H23ClO4. The first-order chi connectivity index (χ1) is 12.1. The Morgan fingerprint density at radius 3 is 2.44 bits per heavy atom. The lowest BCUT2D eigenvalue weighted by Gasteiger charge is -2.14. The third kappa shape index (κ3) is 5.11. The minimum Gasteiger partial charge on any atom is -0.491 e. The van der Waals surface area contributed by atoms with E-state index in [0.717, 1.165) is 23.5 Å². The average molecular weight is 363 g/mol. The molecule has 0 bridgehead atoms. The summed E-state index contributed by atoms with van der Waals surface area (Å²) in [6.45, 7) is 5.10. The lowest BCUT2D eigenvalue weighted by molar-refractivity contribution is -0.0659. The van der Waals surface area contributed by atoms with Gasteiger partial charge in [0.2, 0.25) is 0 Å². The molecule has 3 atom stereocenters. The summed E-state index contributed by atoms with van der Waals surface area (Å²) in [5.74, 6) is 1.64. The number of hydrogen-bond acceptors (Lipinski definition) is 4. The summed E-state index contributed by atoms with van der Waals surface area (Å²) in [6, 6.07) is 15.1. The summed E-state index contributed by atoms with van der Waals surface area (Å²) in [5, 5.41) is 0.697. The highest BCUT2D eigenvalue weighted by Crippen LogP contribution is 2.28. The van der Waals surface area contributed by atoms with Crippen molar-refractivity contribution in [3.05, 3.63) is 59.1 Å². The van der Waals surface area contributed by atoms with Crippen LogP contribution in [0.3, 0.4) is 0 Å². The highest BCUT2D eigenvalue weighted by atomic mass is 35.5. The molecule has 1 fully saturated rings. The minimum absolute atomic E-state index is 0.100. The predicted octanol–water partition coefficient (Wildman–Crippen LogP) is 5.01. The summed E-state index contributed by atoms with van der Waals surface area (Å²) < 4.78 is 23.1. The van der Waals surface area contributed by atoms with Gasteiger partial charge in [0.15, 0.2) is 6.29 Å². The van der Waals surface area contributed by atoms with Crippen molar-refractivity contribution in [2.75, 3.05) is 13.2 Å². The molecule has 0 N–H and O–H groups in total. The summed E-state index contributed by atoms with van der Waals surface area (Å²) >= 11 is 5.90. The SMILES string of the molecule is CCC(C)Oc1ccc(OCC2COC(c3ccc(Cl)cc3)O2)cc1. The van der Waals surface area contributed by atoms with Gasteiger partial charge in [-0.2, -0.15) is 0 Å². The van der Waals surface area contributed by atoms with Crippen molar-refractivity contribution in [2.45, 2.75) is 38.8 Å². The fourth-order valence-electron chi connectivity index (χ4n) is 2.45. The van der Waals surface area contributed by atoms with E-state index in [-0.39, 0.29) is 18.5 Å². The van der Waals surface area contributed by atoms with Crippen LogP contribution in [0.2, 0.25) is 5.02 Å². The molecule has 5 heteroatoms. The lowest BCUT2D eigenvalue weighted by atomic mass is 10.2. The van der Waals surface area contributed by atoms with Gasteiger partial charge in [-0.05, 0) is 49.7 Å². The van der Waals surface area contributed by atoms with Gasteiger partial charge in [-0.25, -0.2) is 0 Å². The van der Waals surface area contributed by atoms with E-state index in [1.165, 1.54) is 0 Å². The number of ether oxygens (including phenoxy) is 4. The number of halogens is 1. The number of hydrogen-bond donors (Lipinski definition) is 0. The van der Waals surface area contributed by atoms with Gasteiger partial charge in [0, 0.05) is 10.6 Å². The lowest BCUT2D eigenvalue weighted by Crippen LogP contribution is -2.20. The van der Waals surface area contributed by atoms with Crippen molar-refractivity contribution in [3.8, 4) is 11.5 Å². The molecule has 0 saturated carbocycles. The molecule has 0 aliphatic carbocycles. The molecule has 25 heavy (non-hydrogen) atoms. The molecule has 2 aromatic rings. The summed E-state index contributed by atoms with van der Waals surface area (Å²) in [7, 11) is 0. The van der Waals surface area contributed by atoms with Crippen molar-refractivity contribution in [3.63, 3.8) is 0 Å². The van der Waals surface area contributed by atoms with Gasteiger partial charge < -0.3 is 18.9 Å².